The molecule has 11 heteroatoms. The van der Waals surface area contributed by atoms with E-state index in [1.165, 1.54) is 11.9 Å². The van der Waals surface area contributed by atoms with Crippen LogP contribution in [0.5, 0.6) is 5.75 Å². The topological polar surface area (TPSA) is 171 Å². The number of nitrogens with one attached hydrogen (secondary N) is 1. The minimum absolute atomic E-state index is 0.0362. The van der Waals surface area contributed by atoms with Crippen LogP contribution in [0.2, 0.25) is 0 Å². The highest BCUT2D eigenvalue weighted by Crippen LogP contribution is 2.48. The smallest absolute Gasteiger partial charge is 0.228 e. The van der Waals surface area contributed by atoms with Crippen molar-refractivity contribution in [2.75, 3.05) is 18.2 Å². The van der Waals surface area contributed by atoms with Crippen molar-refractivity contribution in [2.45, 2.75) is 56.1 Å². The monoisotopic (exact) mass is 555 g/mol. The largest absolute Gasteiger partial charge is 0.495 e. The van der Waals surface area contributed by atoms with Crippen LogP contribution in [0.1, 0.15) is 56.0 Å². The number of nitrogens with zero attached hydrogens (tertiary/aromatic N) is 4. The first kappa shape index (κ1) is 26.7. The molecule has 0 saturated heterocycles. The molecule has 2 aromatic carbocycles. The van der Waals surface area contributed by atoms with Crippen LogP contribution < -0.4 is 21.5 Å². The summed E-state index contributed by atoms with van der Waals surface area (Å²) < 4.78 is 7.50. The Morgan fingerprint density at radius 2 is 1.90 bits per heavy atom. The van der Waals surface area contributed by atoms with E-state index in [9.17, 15) is 14.7 Å². The zero-order chi connectivity index (χ0) is 28.7. The summed E-state index contributed by atoms with van der Waals surface area (Å²) in [6.45, 7) is 0. The van der Waals surface area contributed by atoms with Gasteiger partial charge in [0.15, 0.2) is 5.65 Å². The molecule has 6 N–H and O–H groups in total. The fourth-order valence-corrected chi connectivity index (χ4v) is 6.06. The Kier molecular flexibility index (Phi) is 6.82. The van der Waals surface area contributed by atoms with E-state index in [0.29, 0.717) is 59.7 Å². The summed E-state index contributed by atoms with van der Waals surface area (Å²) in [6.07, 6.45) is 4.22. The molecule has 6 rings (SSSR count). The summed E-state index contributed by atoms with van der Waals surface area (Å²) in [6, 6.07) is 15.5. The minimum Gasteiger partial charge on any atom is -0.495 e. The first-order valence-corrected chi connectivity index (χ1v) is 13.8. The molecule has 2 fully saturated rings. The van der Waals surface area contributed by atoms with Gasteiger partial charge < -0.3 is 26.6 Å². The lowest BCUT2D eigenvalue weighted by molar-refractivity contribution is -0.124. The molecule has 11 nitrogen and oxygen atoms in total. The van der Waals surface area contributed by atoms with Gasteiger partial charge in [-0.25, -0.2) is 14.6 Å². The molecule has 0 aliphatic heterocycles. The summed E-state index contributed by atoms with van der Waals surface area (Å²) in [7, 11) is 1.56. The van der Waals surface area contributed by atoms with Gasteiger partial charge in [0.05, 0.1) is 36.2 Å². The van der Waals surface area contributed by atoms with Gasteiger partial charge in [-0.1, -0.05) is 36.4 Å². The number of carbonyl (C=O) groups is 2. The Morgan fingerprint density at radius 1 is 1.15 bits per heavy atom. The number of anilines is 2. The Balaban J connectivity index is 1.26. The number of nitrogens with two attached hydrogens (primary N) is 2. The maximum Gasteiger partial charge on any atom is 0.228 e. The number of benzene rings is 2. The Morgan fingerprint density at radius 3 is 2.61 bits per heavy atom. The number of ether oxygens (including phenoxy) is 1. The van der Waals surface area contributed by atoms with Gasteiger partial charge in [0.1, 0.15) is 23.6 Å². The second-order valence-electron chi connectivity index (χ2n) is 11.1. The van der Waals surface area contributed by atoms with Crippen LogP contribution in [0.25, 0.3) is 22.3 Å². The van der Waals surface area contributed by atoms with Crippen molar-refractivity contribution in [3.63, 3.8) is 0 Å². The predicted molar refractivity (Wildman–Crippen MR) is 154 cm³/mol. The summed E-state index contributed by atoms with van der Waals surface area (Å²) in [5.41, 5.74) is 14.2. The Hall–Kier alpha value is -4.51. The third kappa shape index (κ3) is 5.20. The fraction of sp³-hybridized carbons (Fsp3) is 0.367. The van der Waals surface area contributed by atoms with Crippen LogP contribution in [-0.2, 0) is 9.59 Å². The number of hydrogen-bond donors (Lipinski definition) is 4. The molecular formula is C30H33N7O4. The van der Waals surface area contributed by atoms with Gasteiger partial charge in [0.2, 0.25) is 11.8 Å². The van der Waals surface area contributed by atoms with Gasteiger partial charge in [-0.15, -0.1) is 0 Å². The first-order chi connectivity index (χ1) is 19.8. The Labute approximate surface area is 236 Å². The fourth-order valence-electron chi connectivity index (χ4n) is 6.06. The molecule has 2 aromatic heterocycles. The number of fused-ring (bicyclic) bond motifs is 1. The zero-order valence-electron chi connectivity index (χ0n) is 22.8. The molecule has 2 aliphatic carbocycles. The Bertz CT molecular complexity index is 1610. The second-order valence-corrected chi connectivity index (χ2v) is 11.1. The SMILES string of the molecule is COc1cc(-c2nn(C3CCC(O)(CC(N)=O)CC3)c3ncnc(N)c23)ccc1NC(=O)C1CC1c1ccccc1. The van der Waals surface area contributed by atoms with E-state index in [4.69, 9.17) is 21.3 Å². The van der Waals surface area contributed by atoms with Crippen LogP contribution >= 0.6 is 0 Å². The van der Waals surface area contributed by atoms with Crippen molar-refractivity contribution >= 4 is 34.4 Å². The molecule has 2 aliphatic rings. The molecule has 2 saturated carbocycles. The highest BCUT2D eigenvalue weighted by Gasteiger charge is 2.44. The van der Waals surface area contributed by atoms with Crippen LogP contribution in [0.4, 0.5) is 11.5 Å². The number of carbonyl (C=O) groups excluding carboxylic acids is 2. The van der Waals surface area contributed by atoms with Gasteiger partial charge in [0, 0.05) is 11.5 Å². The van der Waals surface area contributed by atoms with Crippen molar-refractivity contribution in [2.24, 2.45) is 11.7 Å². The predicted octanol–water partition coefficient (Wildman–Crippen LogP) is 3.55. The van der Waals surface area contributed by atoms with Crippen LogP contribution in [0.15, 0.2) is 54.9 Å². The zero-order valence-corrected chi connectivity index (χ0v) is 22.8. The lowest BCUT2D eigenvalue weighted by Crippen LogP contribution is -2.38. The van der Waals surface area contributed by atoms with Crippen molar-refractivity contribution in [3.8, 4) is 17.0 Å². The summed E-state index contributed by atoms with van der Waals surface area (Å²) in [4.78, 5) is 33.1. The molecule has 0 spiro atoms. The number of rotatable bonds is 8. The molecule has 2 heterocycles. The van der Waals surface area contributed by atoms with Gasteiger partial charge in [-0.2, -0.15) is 5.10 Å². The summed E-state index contributed by atoms with van der Waals surface area (Å²) in [5, 5.41) is 19.4. The van der Waals surface area contributed by atoms with E-state index < -0.39 is 11.5 Å². The molecule has 2 atom stereocenters. The van der Waals surface area contributed by atoms with E-state index in [1.807, 2.05) is 35.0 Å². The highest BCUT2D eigenvalue weighted by molar-refractivity contribution is 6.00. The molecule has 2 unspecified atom stereocenters. The molecule has 41 heavy (non-hydrogen) atoms. The van der Waals surface area contributed by atoms with E-state index >= 15 is 0 Å². The number of hydrogen-bond acceptors (Lipinski definition) is 8. The van der Waals surface area contributed by atoms with E-state index in [0.717, 1.165) is 12.0 Å². The molecule has 0 bridgehead atoms. The lowest BCUT2D eigenvalue weighted by Gasteiger charge is -2.35. The van der Waals surface area contributed by atoms with Crippen molar-refractivity contribution < 1.29 is 19.4 Å². The standard InChI is InChI=1S/C30H33N7O4/c1-41-23-13-18(7-8-22(23)35-29(39)21-14-20(21)17-5-3-2-4-6-17)26-25-27(32)33-16-34-28(25)37(36-26)19-9-11-30(40,12-10-19)15-24(31)38/h2-8,13,16,19-21,40H,9-12,14-15H2,1H3,(H2,31,38)(H,35,39)(H2,32,33,34). The molecular weight excluding hydrogens is 522 g/mol. The van der Waals surface area contributed by atoms with E-state index in [-0.39, 0.29) is 30.2 Å². The number of aromatic nitrogens is 4. The van der Waals surface area contributed by atoms with E-state index in [1.54, 1.807) is 13.2 Å². The maximum absolute atomic E-state index is 13.0. The molecule has 0 radical (unpaired) electrons. The van der Waals surface area contributed by atoms with Crippen molar-refractivity contribution in [3.05, 3.63) is 60.4 Å². The number of amides is 2. The molecule has 212 valence electrons. The second kappa shape index (κ2) is 10.5. The first-order valence-electron chi connectivity index (χ1n) is 13.8. The average molecular weight is 556 g/mol. The summed E-state index contributed by atoms with van der Waals surface area (Å²) in [5.74, 6) is 0.404. The minimum atomic E-state index is -1.10. The maximum atomic E-state index is 13.0. The van der Waals surface area contributed by atoms with Gasteiger partial charge in [0.25, 0.3) is 0 Å². The van der Waals surface area contributed by atoms with Gasteiger partial charge in [-0.3, -0.25) is 9.59 Å². The third-order valence-corrected chi connectivity index (χ3v) is 8.34. The van der Waals surface area contributed by atoms with Gasteiger partial charge >= 0.3 is 0 Å². The lowest BCUT2D eigenvalue weighted by atomic mass is 9.80. The third-order valence-electron chi connectivity index (χ3n) is 8.34. The van der Waals surface area contributed by atoms with Crippen LogP contribution in [0, 0.1) is 5.92 Å². The number of nitrogen functional groups attached to an aromatic ring is 1. The number of methoxy groups -OCH3 is 1. The number of primary amides is 1. The van der Waals surface area contributed by atoms with Crippen molar-refractivity contribution in [1.29, 1.82) is 0 Å². The number of aliphatic hydroxyl groups is 1. The normalized spacial score (nSPS) is 23.7. The average Bonchev–Trinajstić information content (AvgIpc) is 3.68. The summed E-state index contributed by atoms with van der Waals surface area (Å²) >= 11 is 0. The van der Waals surface area contributed by atoms with Gasteiger partial charge in [-0.05, 0) is 55.7 Å². The van der Waals surface area contributed by atoms with Crippen LogP contribution in [-0.4, -0.2) is 49.4 Å². The van der Waals surface area contributed by atoms with E-state index in [2.05, 4.69) is 27.4 Å². The molecule has 4 aromatic rings. The van der Waals surface area contributed by atoms with Crippen molar-refractivity contribution in [1.82, 2.24) is 19.7 Å². The quantitative estimate of drug-likeness (QED) is 0.256. The van der Waals surface area contributed by atoms with Crippen LogP contribution in [0.3, 0.4) is 0 Å². The molecule has 2 amide bonds. The highest BCUT2D eigenvalue weighted by atomic mass is 16.5.